The van der Waals surface area contributed by atoms with Gasteiger partial charge in [0, 0.05) is 6.20 Å². The lowest BCUT2D eigenvalue weighted by molar-refractivity contribution is 0.477. The molecule has 0 atom stereocenters. The number of pyridine rings is 1. The largest absolute Gasteiger partial charge is 0.248 e. The third-order valence-electron chi connectivity index (χ3n) is 2.03. The molecule has 0 radical (unpaired) electrons. The number of nitrogens with zero attached hydrogens (tertiary/aromatic N) is 6. The average molecular weight is 246 g/mol. The van der Waals surface area contributed by atoms with Gasteiger partial charge in [0.05, 0.1) is 11.6 Å². The van der Waals surface area contributed by atoms with Crippen LogP contribution in [-0.4, -0.2) is 25.2 Å². The minimum absolute atomic E-state index is 0.168. The van der Waals surface area contributed by atoms with E-state index in [2.05, 4.69) is 26.6 Å². The van der Waals surface area contributed by atoms with Gasteiger partial charge < -0.3 is 0 Å². The Morgan fingerprint density at radius 2 is 2.29 bits per heavy atom. The maximum atomic E-state index is 8.96. The Kier molecular flexibility index (Phi) is 3.35. The number of aromatic nitrogens is 5. The van der Waals surface area contributed by atoms with Crippen LogP contribution < -0.4 is 0 Å². The van der Waals surface area contributed by atoms with Crippen LogP contribution in [0.3, 0.4) is 0 Å². The SMILES string of the molecule is CC(C)n1nnnc1Sc1ncccc1C#N. The molecule has 2 aromatic heterocycles. The second-order valence-corrected chi connectivity index (χ2v) is 4.53. The van der Waals surface area contributed by atoms with Crippen molar-refractivity contribution >= 4 is 11.8 Å². The maximum Gasteiger partial charge on any atom is 0.215 e. The molecule has 17 heavy (non-hydrogen) atoms. The van der Waals surface area contributed by atoms with Crippen LogP contribution in [0.1, 0.15) is 25.5 Å². The lowest BCUT2D eigenvalue weighted by atomic mass is 10.3. The number of hydrogen-bond donors (Lipinski definition) is 0. The summed E-state index contributed by atoms with van der Waals surface area (Å²) in [5.41, 5.74) is 0.524. The zero-order valence-electron chi connectivity index (χ0n) is 9.40. The highest BCUT2D eigenvalue weighted by Gasteiger charge is 2.13. The predicted molar refractivity (Wildman–Crippen MR) is 61.3 cm³/mol. The van der Waals surface area contributed by atoms with Gasteiger partial charge in [-0.2, -0.15) is 5.26 Å². The first-order valence-corrected chi connectivity index (χ1v) is 5.85. The highest BCUT2D eigenvalue weighted by atomic mass is 32.2. The van der Waals surface area contributed by atoms with Gasteiger partial charge in [-0.3, -0.25) is 0 Å². The van der Waals surface area contributed by atoms with Gasteiger partial charge in [-0.15, -0.1) is 5.10 Å². The van der Waals surface area contributed by atoms with Gasteiger partial charge in [0.25, 0.3) is 0 Å². The predicted octanol–water partition coefficient (Wildman–Crippen LogP) is 1.67. The van der Waals surface area contributed by atoms with E-state index < -0.39 is 0 Å². The summed E-state index contributed by atoms with van der Waals surface area (Å²) in [6.45, 7) is 3.98. The molecule has 2 aromatic rings. The molecule has 0 fully saturated rings. The number of nitriles is 1. The van der Waals surface area contributed by atoms with Crippen LogP contribution in [0.25, 0.3) is 0 Å². The quantitative estimate of drug-likeness (QED) is 0.819. The van der Waals surface area contributed by atoms with E-state index in [9.17, 15) is 0 Å². The normalized spacial score (nSPS) is 10.5. The molecular formula is C10H10N6S. The summed E-state index contributed by atoms with van der Waals surface area (Å²) in [5.74, 6) is 0. The summed E-state index contributed by atoms with van der Waals surface area (Å²) in [5, 5.41) is 21.7. The molecule has 0 N–H and O–H groups in total. The fourth-order valence-corrected chi connectivity index (χ4v) is 2.15. The Morgan fingerprint density at radius 3 is 3.00 bits per heavy atom. The summed E-state index contributed by atoms with van der Waals surface area (Å²) in [6.07, 6.45) is 1.65. The van der Waals surface area contributed by atoms with E-state index in [1.807, 2.05) is 13.8 Å². The van der Waals surface area contributed by atoms with Crippen LogP contribution in [0, 0.1) is 11.3 Å². The van der Waals surface area contributed by atoms with Crippen molar-refractivity contribution in [1.29, 1.82) is 5.26 Å². The topological polar surface area (TPSA) is 80.3 Å². The molecule has 2 heterocycles. The minimum atomic E-state index is 0.168. The molecule has 0 aromatic carbocycles. The molecule has 0 saturated heterocycles. The molecule has 0 unspecified atom stereocenters. The van der Waals surface area contributed by atoms with E-state index in [1.165, 1.54) is 11.8 Å². The Hall–Kier alpha value is -1.94. The van der Waals surface area contributed by atoms with Crippen LogP contribution in [0.5, 0.6) is 0 Å². The van der Waals surface area contributed by atoms with E-state index in [4.69, 9.17) is 5.26 Å². The molecule has 6 nitrogen and oxygen atoms in total. The number of tetrazole rings is 1. The average Bonchev–Trinajstić information content (AvgIpc) is 2.78. The second-order valence-electron chi connectivity index (χ2n) is 3.57. The van der Waals surface area contributed by atoms with Crippen molar-refractivity contribution in [2.24, 2.45) is 0 Å². The van der Waals surface area contributed by atoms with Crippen molar-refractivity contribution in [2.45, 2.75) is 30.1 Å². The Balaban J connectivity index is 2.32. The molecule has 0 spiro atoms. The highest BCUT2D eigenvalue weighted by molar-refractivity contribution is 7.99. The molecule has 0 aliphatic heterocycles. The molecular weight excluding hydrogens is 236 g/mol. The van der Waals surface area contributed by atoms with Gasteiger partial charge in [-0.1, -0.05) is 0 Å². The van der Waals surface area contributed by atoms with Crippen molar-refractivity contribution in [1.82, 2.24) is 25.2 Å². The smallest absolute Gasteiger partial charge is 0.215 e. The van der Waals surface area contributed by atoms with Gasteiger partial charge in [0.2, 0.25) is 5.16 Å². The standard InChI is InChI=1S/C10H10N6S/c1-7(2)16-10(13-14-15-16)17-9-8(6-11)4-3-5-12-9/h3-5,7H,1-2H3. The van der Waals surface area contributed by atoms with Crippen LogP contribution in [-0.2, 0) is 0 Å². The van der Waals surface area contributed by atoms with E-state index in [0.717, 1.165) is 0 Å². The maximum absolute atomic E-state index is 8.96. The van der Waals surface area contributed by atoms with Crippen LogP contribution >= 0.6 is 11.8 Å². The zero-order valence-corrected chi connectivity index (χ0v) is 10.2. The van der Waals surface area contributed by atoms with E-state index in [-0.39, 0.29) is 6.04 Å². The molecule has 0 bridgehead atoms. The highest BCUT2D eigenvalue weighted by Crippen LogP contribution is 2.27. The molecule has 0 aliphatic rings. The van der Waals surface area contributed by atoms with Crippen molar-refractivity contribution in [3.63, 3.8) is 0 Å². The third-order valence-corrected chi connectivity index (χ3v) is 3.00. The first-order chi connectivity index (χ1) is 8.22. The summed E-state index contributed by atoms with van der Waals surface area (Å²) in [7, 11) is 0. The number of hydrogen-bond acceptors (Lipinski definition) is 6. The van der Waals surface area contributed by atoms with Crippen molar-refractivity contribution in [3.8, 4) is 6.07 Å². The fourth-order valence-electron chi connectivity index (χ4n) is 1.22. The lowest BCUT2D eigenvalue weighted by Gasteiger charge is -2.06. The third kappa shape index (κ3) is 2.42. The fraction of sp³-hybridized carbons (Fsp3) is 0.300. The van der Waals surface area contributed by atoms with Gasteiger partial charge in [-0.25, -0.2) is 9.67 Å². The Labute approximate surface area is 103 Å². The molecule has 2 rings (SSSR count). The Bertz CT molecular complexity index is 556. The summed E-state index contributed by atoms with van der Waals surface area (Å²) in [6, 6.07) is 5.72. The van der Waals surface area contributed by atoms with Crippen LogP contribution in [0.2, 0.25) is 0 Å². The van der Waals surface area contributed by atoms with Gasteiger partial charge in [-0.05, 0) is 48.2 Å². The Morgan fingerprint density at radius 1 is 1.47 bits per heavy atom. The molecule has 86 valence electrons. The summed E-state index contributed by atoms with van der Waals surface area (Å²) >= 11 is 1.29. The first-order valence-electron chi connectivity index (χ1n) is 5.03. The summed E-state index contributed by atoms with van der Waals surface area (Å²) < 4.78 is 1.69. The first kappa shape index (κ1) is 11.5. The molecule has 0 saturated carbocycles. The second kappa shape index (κ2) is 4.93. The van der Waals surface area contributed by atoms with Crippen LogP contribution in [0.4, 0.5) is 0 Å². The zero-order chi connectivity index (χ0) is 12.3. The van der Waals surface area contributed by atoms with Gasteiger partial charge >= 0.3 is 0 Å². The van der Waals surface area contributed by atoms with Crippen LogP contribution in [0.15, 0.2) is 28.5 Å². The van der Waals surface area contributed by atoms with E-state index in [1.54, 1.807) is 23.0 Å². The van der Waals surface area contributed by atoms with Crippen molar-refractivity contribution in [2.75, 3.05) is 0 Å². The molecule has 0 amide bonds. The number of rotatable bonds is 3. The monoisotopic (exact) mass is 246 g/mol. The minimum Gasteiger partial charge on any atom is -0.248 e. The van der Waals surface area contributed by atoms with Crippen molar-refractivity contribution < 1.29 is 0 Å². The van der Waals surface area contributed by atoms with Crippen molar-refractivity contribution in [3.05, 3.63) is 23.9 Å². The summed E-state index contributed by atoms with van der Waals surface area (Å²) in [4.78, 5) is 4.16. The lowest BCUT2D eigenvalue weighted by Crippen LogP contribution is -2.04. The van der Waals surface area contributed by atoms with Gasteiger partial charge in [0.15, 0.2) is 0 Å². The van der Waals surface area contributed by atoms with E-state index >= 15 is 0 Å². The van der Waals surface area contributed by atoms with Gasteiger partial charge in [0.1, 0.15) is 11.1 Å². The molecule has 0 aliphatic carbocycles. The van der Waals surface area contributed by atoms with E-state index in [0.29, 0.717) is 15.7 Å². The molecule has 7 heteroatoms.